The highest BCUT2D eigenvalue weighted by molar-refractivity contribution is 5.79. The van der Waals surface area contributed by atoms with E-state index < -0.39 is 0 Å². The van der Waals surface area contributed by atoms with E-state index >= 15 is 0 Å². The van der Waals surface area contributed by atoms with Crippen molar-refractivity contribution in [1.29, 1.82) is 0 Å². The van der Waals surface area contributed by atoms with Crippen LogP contribution >= 0.6 is 0 Å². The van der Waals surface area contributed by atoms with Crippen LogP contribution in [0.4, 0.5) is 0 Å². The van der Waals surface area contributed by atoms with Crippen molar-refractivity contribution in [1.82, 2.24) is 5.32 Å². The van der Waals surface area contributed by atoms with Gasteiger partial charge >= 0.3 is 0 Å². The summed E-state index contributed by atoms with van der Waals surface area (Å²) in [6, 6.07) is 0.198. The number of hydrogen-bond acceptors (Lipinski definition) is 3. The monoisotopic (exact) mass is 270 g/mol. The maximum absolute atomic E-state index is 12.1. The summed E-state index contributed by atoms with van der Waals surface area (Å²) in [6.45, 7) is 6.59. The number of hydrogen-bond donors (Lipinski definition) is 2. The zero-order valence-corrected chi connectivity index (χ0v) is 12.5. The van der Waals surface area contributed by atoms with Gasteiger partial charge in [0.1, 0.15) is 0 Å². The molecule has 0 saturated heterocycles. The SMILES string of the molecule is CCCCOCCCNC(=O)C1CC(N)CCC1C. The molecule has 0 spiro atoms. The van der Waals surface area contributed by atoms with Crippen LogP contribution in [0.2, 0.25) is 0 Å². The average Bonchev–Trinajstić information content (AvgIpc) is 2.40. The lowest BCUT2D eigenvalue weighted by atomic mass is 9.78. The Hall–Kier alpha value is -0.610. The molecule has 19 heavy (non-hydrogen) atoms. The number of amides is 1. The number of ether oxygens (including phenoxy) is 1. The summed E-state index contributed by atoms with van der Waals surface area (Å²) >= 11 is 0. The Bertz CT molecular complexity index is 259. The minimum Gasteiger partial charge on any atom is -0.381 e. The zero-order valence-electron chi connectivity index (χ0n) is 12.5. The molecule has 1 aliphatic carbocycles. The first-order chi connectivity index (χ1) is 9.15. The van der Waals surface area contributed by atoms with E-state index in [0.29, 0.717) is 12.5 Å². The van der Waals surface area contributed by atoms with Gasteiger partial charge in [-0.1, -0.05) is 20.3 Å². The third-order valence-corrected chi connectivity index (χ3v) is 3.98. The van der Waals surface area contributed by atoms with Gasteiger partial charge in [-0.05, 0) is 38.0 Å². The standard InChI is InChI=1S/C15H30N2O2/c1-3-4-9-19-10-5-8-17-15(18)14-11-13(16)7-6-12(14)2/h12-14H,3-11,16H2,1-2H3,(H,17,18). The third kappa shape index (κ3) is 6.39. The van der Waals surface area contributed by atoms with Crippen molar-refractivity contribution in [2.45, 2.75) is 58.4 Å². The first-order valence-electron chi connectivity index (χ1n) is 7.76. The van der Waals surface area contributed by atoms with Gasteiger partial charge in [-0.25, -0.2) is 0 Å². The summed E-state index contributed by atoms with van der Waals surface area (Å²) < 4.78 is 5.47. The molecule has 4 heteroatoms. The van der Waals surface area contributed by atoms with Crippen molar-refractivity contribution in [2.24, 2.45) is 17.6 Å². The summed E-state index contributed by atoms with van der Waals surface area (Å²) in [4.78, 5) is 12.1. The van der Waals surface area contributed by atoms with Gasteiger partial charge in [-0.3, -0.25) is 4.79 Å². The summed E-state index contributed by atoms with van der Waals surface area (Å²) in [7, 11) is 0. The van der Waals surface area contributed by atoms with Crippen molar-refractivity contribution in [3.05, 3.63) is 0 Å². The lowest BCUT2D eigenvalue weighted by Gasteiger charge is -2.31. The van der Waals surface area contributed by atoms with Crippen molar-refractivity contribution in [3.63, 3.8) is 0 Å². The molecule has 0 aliphatic heterocycles. The maximum atomic E-state index is 12.1. The van der Waals surface area contributed by atoms with E-state index in [-0.39, 0.29) is 17.9 Å². The summed E-state index contributed by atoms with van der Waals surface area (Å²) in [6.07, 6.45) is 6.12. The van der Waals surface area contributed by atoms with Crippen LogP contribution in [0, 0.1) is 11.8 Å². The maximum Gasteiger partial charge on any atom is 0.223 e. The van der Waals surface area contributed by atoms with Gasteiger partial charge in [0.15, 0.2) is 0 Å². The first-order valence-corrected chi connectivity index (χ1v) is 7.76. The lowest BCUT2D eigenvalue weighted by Crippen LogP contribution is -2.42. The first kappa shape index (κ1) is 16.4. The molecular weight excluding hydrogens is 240 g/mol. The number of nitrogens with two attached hydrogens (primary N) is 1. The Labute approximate surface area is 117 Å². The molecule has 1 amide bonds. The molecule has 1 saturated carbocycles. The van der Waals surface area contributed by atoms with Crippen LogP contribution in [0.1, 0.15) is 52.4 Å². The molecule has 3 unspecified atom stereocenters. The Morgan fingerprint density at radius 2 is 2.05 bits per heavy atom. The summed E-state index contributed by atoms with van der Waals surface area (Å²) in [5.41, 5.74) is 5.95. The predicted molar refractivity (Wildman–Crippen MR) is 77.8 cm³/mol. The quantitative estimate of drug-likeness (QED) is 0.664. The fourth-order valence-corrected chi connectivity index (χ4v) is 2.59. The van der Waals surface area contributed by atoms with Crippen LogP contribution in [-0.4, -0.2) is 31.7 Å². The molecule has 3 N–H and O–H groups in total. The minimum atomic E-state index is 0.102. The number of carbonyl (C=O) groups excluding carboxylic acids is 1. The second kappa shape index (κ2) is 9.32. The Balaban J connectivity index is 2.09. The highest BCUT2D eigenvalue weighted by atomic mass is 16.5. The Morgan fingerprint density at radius 1 is 1.32 bits per heavy atom. The molecule has 0 aromatic heterocycles. The number of nitrogens with one attached hydrogen (secondary N) is 1. The molecule has 112 valence electrons. The minimum absolute atomic E-state index is 0.102. The second-order valence-electron chi connectivity index (χ2n) is 5.77. The molecule has 1 fully saturated rings. The molecule has 3 atom stereocenters. The molecule has 0 bridgehead atoms. The van der Waals surface area contributed by atoms with E-state index in [1.165, 1.54) is 0 Å². The van der Waals surface area contributed by atoms with Gasteiger partial charge in [0.2, 0.25) is 5.91 Å². The molecule has 0 radical (unpaired) electrons. The molecular formula is C15H30N2O2. The third-order valence-electron chi connectivity index (χ3n) is 3.98. The van der Waals surface area contributed by atoms with Crippen LogP contribution in [-0.2, 0) is 9.53 Å². The van der Waals surface area contributed by atoms with E-state index in [1.54, 1.807) is 0 Å². The summed E-state index contributed by atoms with van der Waals surface area (Å²) in [5.74, 6) is 0.738. The normalized spacial score (nSPS) is 27.2. The van der Waals surface area contributed by atoms with Crippen molar-refractivity contribution >= 4 is 5.91 Å². The molecule has 4 nitrogen and oxygen atoms in total. The highest BCUT2D eigenvalue weighted by Crippen LogP contribution is 2.29. The van der Waals surface area contributed by atoms with Crippen LogP contribution in [0.25, 0.3) is 0 Å². The molecule has 0 aromatic rings. The van der Waals surface area contributed by atoms with E-state index in [4.69, 9.17) is 10.5 Å². The van der Waals surface area contributed by atoms with Crippen LogP contribution in [0.3, 0.4) is 0 Å². The number of unbranched alkanes of at least 4 members (excludes halogenated alkanes) is 1. The largest absolute Gasteiger partial charge is 0.381 e. The van der Waals surface area contributed by atoms with Gasteiger partial charge in [0, 0.05) is 31.7 Å². The topological polar surface area (TPSA) is 64.3 Å². The highest BCUT2D eigenvalue weighted by Gasteiger charge is 2.30. The number of rotatable bonds is 8. The zero-order chi connectivity index (χ0) is 14.1. The van der Waals surface area contributed by atoms with Crippen molar-refractivity contribution in [3.8, 4) is 0 Å². The van der Waals surface area contributed by atoms with Crippen molar-refractivity contribution in [2.75, 3.05) is 19.8 Å². The van der Waals surface area contributed by atoms with Gasteiger partial charge in [0.05, 0.1) is 0 Å². The van der Waals surface area contributed by atoms with Crippen LogP contribution in [0.15, 0.2) is 0 Å². The van der Waals surface area contributed by atoms with Gasteiger partial charge in [-0.15, -0.1) is 0 Å². The van der Waals surface area contributed by atoms with E-state index in [1.807, 2.05) is 0 Å². The van der Waals surface area contributed by atoms with Crippen molar-refractivity contribution < 1.29 is 9.53 Å². The van der Waals surface area contributed by atoms with E-state index in [0.717, 1.165) is 51.7 Å². The fourth-order valence-electron chi connectivity index (χ4n) is 2.59. The Kier molecular flexibility index (Phi) is 8.07. The smallest absolute Gasteiger partial charge is 0.223 e. The number of carbonyl (C=O) groups is 1. The van der Waals surface area contributed by atoms with Gasteiger partial charge < -0.3 is 15.8 Å². The molecule has 1 rings (SSSR count). The van der Waals surface area contributed by atoms with Crippen LogP contribution < -0.4 is 11.1 Å². The molecule has 0 aromatic carbocycles. The van der Waals surface area contributed by atoms with E-state index in [9.17, 15) is 4.79 Å². The van der Waals surface area contributed by atoms with E-state index in [2.05, 4.69) is 19.2 Å². The van der Waals surface area contributed by atoms with Crippen LogP contribution in [0.5, 0.6) is 0 Å². The lowest BCUT2D eigenvalue weighted by molar-refractivity contribution is -0.127. The van der Waals surface area contributed by atoms with Gasteiger partial charge in [0.25, 0.3) is 0 Å². The molecule has 1 aliphatic rings. The summed E-state index contributed by atoms with van der Waals surface area (Å²) in [5, 5.41) is 3.02. The average molecular weight is 270 g/mol. The van der Waals surface area contributed by atoms with Gasteiger partial charge in [-0.2, -0.15) is 0 Å². The molecule has 0 heterocycles. The Morgan fingerprint density at radius 3 is 2.79 bits per heavy atom. The fraction of sp³-hybridized carbons (Fsp3) is 0.933. The predicted octanol–water partition coefficient (Wildman–Crippen LogP) is 2.07. The second-order valence-corrected chi connectivity index (χ2v) is 5.77.